The number of pyridine rings is 1. The molecular weight excluding hydrogens is 227 g/mol. The van der Waals surface area contributed by atoms with E-state index in [9.17, 15) is 0 Å². The summed E-state index contributed by atoms with van der Waals surface area (Å²) in [7, 11) is -0.982. The third-order valence-electron chi connectivity index (χ3n) is 3.57. The van der Waals surface area contributed by atoms with Crippen LogP contribution in [0.4, 0.5) is 0 Å². The van der Waals surface area contributed by atoms with Gasteiger partial charge in [0.15, 0.2) is 0 Å². The molecule has 2 aromatic rings. The minimum Gasteiger partial charge on any atom is -0.399 e. The van der Waals surface area contributed by atoms with Gasteiger partial charge in [0.1, 0.15) is 5.65 Å². The van der Waals surface area contributed by atoms with Gasteiger partial charge in [0.05, 0.1) is 18.1 Å². The van der Waals surface area contributed by atoms with E-state index in [0.29, 0.717) is 0 Å². The van der Waals surface area contributed by atoms with Crippen molar-refractivity contribution in [2.24, 2.45) is 0 Å². The highest BCUT2D eigenvalue weighted by molar-refractivity contribution is 6.62. The molecule has 2 aromatic heterocycles. The van der Waals surface area contributed by atoms with E-state index in [0.717, 1.165) is 4.40 Å². The summed E-state index contributed by atoms with van der Waals surface area (Å²) >= 11 is 0. The molecule has 3 rings (SSSR count). The van der Waals surface area contributed by atoms with Crippen LogP contribution < -0.4 is 5.46 Å². The Bertz CT molecular complexity index is 805. The van der Waals surface area contributed by atoms with Crippen molar-refractivity contribution in [3.8, 4) is 0 Å². The van der Waals surface area contributed by atoms with Gasteiger partial charge in [-0.3, -0.25) is 0 Å². The minimum absolute atomic E-state index is 0.0460. The van der Waals surface area contributed by atoms with Crippen LogP contribution in [-0.2, 0) is 9.31 Å². The molecule has 3 heterocycles. The lowest BCUT2D eigenvalue weighted by molar-refractivity contribution is 0.00578. The second-order valence-electron chi connectivity index (χ2n) is 5.36. The Balaban J connectivity index is 2.26. The summed E-state index contributed by atoms with van der Waals surface area (Å²) in [5, 5.41) is 0. The lowest BCUT2D eigenvalue weighted by atomic mass is 9.80. The van der Waals surface area contributed by atoms with Crippen molar-refractivity contribution in [3.63, 3.8) is 0 Å². The van der Waals surface area contributed by atoms with E-state index < -0.39 is 18.3 Å². The zero-order chi connectivity index (χ0) is 17.3. The zero-order valence-electron chi connectivity index (χ0n) is 15.8. The standard InChI is InChI=1S/C13H17BN2O2/c1-12(2)13(3,4)18-14(17-12)10-5-6-11-15-7-8-16(11)9-10/h5-9H,1-4H3/i5D,6D,7D,8D,9D. The molecule has 94 valence electrons. The molecule has 1 saturated heterocycles. The van der Waals surface area contributed by atoms with Crippen LogP contribution in [0.5, 0.6) is 0 Å². The molecule has 0 saturated carbocycles. The first-order valence-corrected chi connectivity index (χ1v) is 5.79. The van der Waals surface area contributed by atoms with Crippen LogP contribution >= 0.6 is 0 Å². The smallest absolute Gasteiger partial charge is 0.399 e. The quantitative estimate of drug-likeness (QED) is 0.721. The number of nitrogens with zero attached hydrogens (tertiary/aromatic N) is 2. The Morgan fingerprint density at radius 2 is 1.89 bits per heavy atom. The first-order chi connectivity index (χ1) is 10.5. The fourth-order valence-electron chi connectivity index (χ4n) is 1.74. The minimum atomic E-state index is -0.982. The highest BCUT2D eigenvalue weighted by atomic mass is 16.7. The summed E-state index contributed by atoms with van der Waals surface area (Å²) < 4.78 is 52.9. The number of aromatic nitrogens is 2. The van der Waals surface area contributed by atoms with Crippen molar-refractivity contribution >= 4 is 18.2 Å². The second-order valence-corrected chi connectivity index (χ2v) is 5.36. The summed E-state index contributed by atoms with van der Waals surface area (Å²) in [6.07, 6.45) is -0.843. The average molecular weight is 249 g/mol. The third-order valence-corrected chi connectivity index (χ3v) is 3.57. The molecule has 18 heavy (non-hydrogen) atoms. The maximum atomic E-state index is 8.31. The van der Waals surface area contributed by atoms with Gasteiger partial charge in [-0.2, -0.15) is 0 Å². The predicted octanol–water partition coefficient (Wildman–Crippen LogP) is 1.63. The van der Waals surface area contributed by atoms with Crippen LogP contribution in [0.3, 0.4) is 0 Å². The molecule has 1 aliphatic rings. The van der Waals surface area contributed by atoms with E-state index >= 15 is 0 Å². The summed E-state index contributed by atoms with van der Waals surface area (Å²) in [5.74, 6) is 0. The van der Waals surface area contributed by atoms with Gasteiger partial charge in [-0.1, -0.05) is 6.04 Å². The van der Waals surface area contributed by atoms with Crippen LogP contribution in [0.15, 0.2) is 30.6 Å². The molecule has 5 heteroatoms. The van der Waals surface area contributed by atoms with Gasteiger partial charge in [0.25, 0.3) is 0 Å². The predicted molar refractivity (Wildman–Crippen MR) is 70.9 cm³/mol. The molecule has 4 nitrogen and oxygen atoms in total. The molecule has 0 radical (unpaired) electrons. The Hall–Kier alpha value is -1.33. The summed E-state index contributed by atoms with van der Waals surface area (Å²) in [6, 6.07) is -0.483. The number of hydrogen-bond acceptors (Lipinski definition) is 3. The zero-order valence-corrected chi connectivity index (χ0v) is 10.8. The summed E-state index contributed by atoms with van der Waals surface area (Å²) in [5.41, 5.74) is -1.26. The Morgan fingerprint density at radius 1 is 1.22 bits per heavy atom. The molecule has 0 unspecified atom stereocenters. The van der Waals surface area contributed by atoms with Crippen LogP contribution in [0.25, 0.3) is 5.65 Å². The maximum Gasteiger partial charge on any atom is 0.496 e. The highest BCUT2D eigenvalue weighted by Crippen LogP contribution is 2.36. The van der Waals surface area contributed by atoms with E-state index in [4.69, 9.17) is 16.2 Å². The molecule has 0 aliphatic carbocycles. The third kappa shape index (κ3) is 1.66. The van der Waals surface area contributed by atoms with Gasteiger partial charge in [-0.25, -0.2) is 4.98 Å². The topological polar surface area (TPSA) is 35.8 Å². The monoisotopic (exact) mass is 249 g/mol. The van der Waals surface area contributed by atoms with Crippen molar-refractivity contribution in [3.05, 3.63) is 30.6 Å². The van der Waals surface area contributed by atoms with E-state index in [2.05, 4.69) is 4.98 Å². The van der Waals surface area contributed by atoms with Crippen LogP contribution in [-0.4, -0.2) is 27.7 Å². The van der Waals surface area contributed by atoms with Crippen molar-refractivity contribution < 1.29 is 16.2 Å². The molecule has 0 amide bonds. The Kier molecular flexibility index (Phi) is 1.46. The van der Waals surface area contributed by atoms with Gasteiger partial charge >= 0.3 is 7.12 Å². The second kappa shape index (κ2) is 3.59. The maximum absolute atomic E-state index is 8.31. The normalized spacial score (nSPS) is 25.6. The van der Waals surface area contributed by atoms with E-state index in [1.807, 2.05) is 27.7 Å². The molecular formula is C13H17BN2O2. The van der Waals surface area contributed by atoms with Crippen LogP contribution in [0.2, 0.25) is 0 Å². The fourth-order valence-corrected chi connectivity index (χ4v) is 1.74. The molecule has 0 N–H and O–H groups in total. The van der Waals surface area contributed by atoms with Gasteiger partial charge < -0.3 is 13.7 Å². The first kappa shape index (κ1) is 7.31. The van der Waals surface area contributed by atoms with Crippen LogP contribution in [0, 0.1) is 0 Å². The van der Waals surface area contributed by atoms with Gasteiger partial charge in [-0.05, 0) is 39.2 Å². The Morgan fingerprint density at radius 3 is 2.56 bits per heavy atom. The highest BCUT2D eigenvalue weighted by Gasteiger charge is 2.51. The molecule has 0 atom stereocenters. The van der Waals surface area contributed by atoms with Gasteiger partial charge in [0, 0.05) is 18.5 Å². The molecule has 0 spiro atoms. The lowest BCUT2D eigenvalue weighted by Crippen LogP contribution is -2.41. The lowest BCUT2D eigenvalue weighted by Gasteiger charge is -2.32. The van der Waals surface area contributed by atoms with Crippen molar-refractivity contribution in [1.29, 1.82) is 0 Å². The SMILES string of the molecule is [2H]c1nc2c([2H])c([2H])c(B3OC(C)(C)C(C)(C)O3)c([2H])n2c1[2H]. The number of rotatable bonds is 1. The van der Waals surface area contributed by atoms with Gasteiger partial charge in [0.2, 0.25) is 0 Å². The largest absolute Gasteiger partial charge is 0.496 e. The first-order valence-electron chi connectivity index (χ1n) is 8.29. The molecule has 1 fully saturated rings. The van der Waals surface area contributed by atoms with Crippen molar-refractivity contribution in [1.82, 2.24) is 9.38 Å². The number of imidazole rings is 1. The molecule has 1 aliphatic heterocycles. The van der Waals surface area contributed by atoms with E-state index in [-0.39, 0.29) is 41.7 Å². The molecule has 0 aromatic carbocycles. The van der Waals surface area contributed by atoms with Gasteiger partial charge in [-0.15, -0.1) is 0 Å². The Labute approximate surface area is 114 Å². The van der Waals surface area contributed by atoms with Crippen molar-refractivity contribution in [2.75, 3.05) is 0 Å². The van der Waals surface area contributed by atoms with Crippen LogP contribution in [0.1, 0.15) is 34.5 Å². The summed E-state index contributed by atoms with van der Waals surface area (Å²) in [4.78, 5) is 3.79. The van der Waals surface area contributed by atoms with Crippen molar-refractivity contribution in [2.45, 2.75) is 38.9 Å². The van der Waals surface area contributed by atoms with E-state index in [1.165, 1.54) is 0 Å². The fraction of sp³-hybridized carbons (Fsp3) is 0.462. The molecule has 0 bridgehead atoms. The van der Waals surface area contributed by atoms with E-state index in [1.54, 1.807) is 0 Å². The summed E-state index contributed by atoms with van der Waals surface area (Å²) in [6.45, 7) is 7.43. The average Bonchev–Trinajstić information content (AvgIpc) is 2.82. The number of hydrogen-bond donors (Lipinski definition) is 0. The number of fused-ring (bicyclic) bond motifs is 1.